The van der Waals surface area contributed by atoms with Gasteiger partial charge in [-0.2, -0.15) is 0 Å². The van der Waals surface area contributed by atoms with E-state index < -0.39 is 5.41 Å². The van der Waals surface area contributed by atoms with Gasteiger partial charge in [0.2, 0.25) is 0 Å². The molecule has 0 fully saturated rings. The summed E-state index contributed by atoms with van der Waals surface area (Å²) in [7, 11) is 0. The topological polar surface area (TPSA) is 16.4 Å². The molecule has 0 radical (unpaired) electrons. The Kier molecular flexibility index (Phi) is 7.85. The molecule has 0 saturated carbocycles. The van der Waals surface area contributed by atoms with Crippen molar-refractivity contribution in [1.29, 1.82) is 0 Å². The lowest BCUT2D eigenvalue weighted by atomic mass is 9.66. The number of furan rings is 1. The van der Waals surface area contributed by atoms with Gasteiger partial charge in [0.1, 0.15) is 11.2 Å². The van der Waals surface area contributed by atoms with E-state index in [2.05, 4.69) is 229 Å². The Bertz CT molecular complexity index is 3490. The number of nitrogens with zero attached hydrogens (tertiary/aromatic N) is 1. The molecule has 0 saturated heterocycles. The fourth-order valence-electron chi connectivity index (χ4n) is 10.9. The molecule has 2 aliphatic rings. The Balaban J connectivity index is 0.983. The first-order chi connectivity index (χ1) is 31.3. The van der Waals surface area contributed by atoms with Crippen LogP contribution in [0.4, 0.5) is 17.1 Å². The highest BCUT2D eigenvalue weighted by Crippen LogP contribution is 2.62. The van der Waals surface area contributed by atoms with Crippen molar-refractivity contribution in [2.45, 2.75) is 5.41 Å². The summed E-state index contributed by atoms with van der Waals surface area (Å²) in [6, 6.07) is 86.6. The predicted molar refractivity (Wildman–Crippen MR) is 261 cm³/mol. The van der Waals surface area contributed by atoms with Crippen LogP contribution in [0.25, 0.3) is 77.6 Å². The highest BCUT2D eigenvalue weighted by Gasteiger charge is 2.50. The molecule has 0 N–H and O–H groups in total. The van der Waals surface area contributed by atoms with Gasteiger partial charge in [0.15, 0.2) is 0 Å². The second-order valence-electron chi connectivity index (χ2n) is 16.7. The Morgan fingerprint density at radius 1 is 0.286 bits per heavy atom. The highest BCUT2D eigenvalue weighted by atomic mass is 16.3. The normalized spacial score (nSPS) is 12.9. The SMILES string of the molecule is c1ccc(-c2ccc(N(c3ccc(-c4cccc5c4-c4ccccc4C54c5ccccc5-c5ccccc5-c5ccccc54)cc3)c3ccc4c(c3)oc3ccccc34)cc2)cc1. The molecular weight excluding hydrogens is 763 g/mol. The van der Waals surface area contributed by atoms with Crippen molar-refractivity contribution in [3.05, 3.63) is 259 Å². The van der Waals surface area contributed by atoms with E-state index in [-0.39, 0.29) is 0 Å². The Morgan fingerprint density at radius 3 is 1.41 bits per heavy atom. The number of para-hydroxylation sites is 1. The number of rotatable bonds is 5. The van der Waals surface area contributed by atoms with Crippen LogP contribution in [-0.4, -0.2) is 0 Å². The maximum absolute atomic E-state index is 6.43. The molecule has 11 aromatic rings. The van der Waals surface area contributed by atoms with Gasteiger partial charge in [0.05, 0.1) is 5.41 Å². The minimum absolute atomic E-state index is 0.522. The van der Waals surface area contributed by atoms with E-state index in [1.54, 1.807) is 0 Å². The second kappa shape index (κ2) is 13.9. The number of benzene rings is 10. The summed E-state index contributed by atoms with van der Waals surface area (Å²) in [5.74, 6) is 0. The lowest BCUT2D eigenvalue weighted by molar-refractivity contribution is 0.669. The van der Waals surface area contributed by atoms with E-state index in [1.165, 1.54) is 77.9 Å². The monoisotopic (exact) mass is 801 g/mol. The van der Waals surface area contributed by atoms with Gasteiger partial charge in [-0.15, -0.1) is 0 Å². The molecule has 10 aromatic carbocycles. The molecule has 0 amide bonds. The van der Waals surface area contributed by atoms with Gasteiger partial charge >= 0.3 is 0 Å². The lowest BCUT2D eigenvalue weighted by Crippen LogP contribution is -2.29. The Morgan fingerprint density at radius 2 is 0.746 bits per heavy atom. The number of hydrogen-bond acceptors (Lipinski definition) is 2. The summed E-state index contributed by atoms with van der Waals surface area (Å²) in [6.45, 7) is 0. The van der Waals surface area contributed by atoms with E-state index in [1.807, 2.05) is 12.1 Å². The fraction of sp³-hybridized carbons (Fsp3) is 0.0164. The quantitative estimate of drug-likeness (QED) is 0.172. The maximum Gasteiger partial charge on any atom is 0.137 e. The third-order valence-corrected chi connectivity index (χ3v) is 13.5. The van der Waals surface area contributed by atoms with Gasteiger partial charge in [-0.05, 0) is 120 Å². The first-order valence-electron chi connectivity index (χ1n) is 21.8. The number of anilines is 3. The van der Waals surface area contributed by atoms with Crippen molar-refractivity contribution in [2.24, 2.45) is 0 Å². The van der Waals surface area contributed by atoms with E-state index in [9.17, 15) is 0 Å². The minimum Gasteiger partial charge on any atom is -0.456 e. The van der Waals surface area contributed by atoms with E-state index in [0.717, 1.165) is 39.0 Å². The number of hydrogen-bond donors (Lipinski definition) is 0. The molecule has 2 aliphatic carbocycles. The number of fused-ring (bicyclic) bond motifs is 15. The molecule has 1 spiro atoms. The Labute approximate surface area is 366 Å². The summed E-state index contributed by atoms with van der Waals surface area (Å²) < 4.78 is 6.43. The molecule has 294 valence electrons. The molecule has 1 heterocycles. The van der Waals surface area contributed by atoms with Crippen LogP contribution in [0.1, 0.15) is 22.3 Å². The van der Waals surface area contributed by atoms with Gasteiger partial charge in [0.25, 0.3) is 0 Å². The van der Waals surface area contributed by atoms with Crippen molar-refractivity contribution in [3.8, 4) is 55.6 Å². The largest absolute Gasteiger partial charge is 0.456 e. The predicted octanol–water partition coefficient (Wildman–Crippen LogP) is 16.4. The lowest BCUT2D eigenvalue weighted by Gasteiger charge is -2.35. The van der Waals surface area contributed by atoms with Crippen LogP contribution in [0.2, 0.25) is 0 Å². The summed E-state index contributed by atoms with van der Waals surface area (Å²) in [4.78, 5) is 2.34. The average Bonchev–Trinajstić information content (AvgIpc) is 3.85. The molecule has 0 unspecified atom stereocenters. The Hall–Kier alpha value is -8.20. The van der Waals surface area contributed by atoms with Crippen LogP contribution >= 0.6 is 0 Å². The van der Waals surface area contributed by atoms with Gasteiger partial charge < -0.3 is 9.32 Å². The molecule has 1 aromatic heterocycles. The molecule has 63 heavy (non-hydrogen) atoms. The molecular formula is C61H39NO. The second-order valence-corrected chi connectivity index (χ2v) is 16.7. The van der Waals surface area contributed by atoms with E-state index in [0.29, 0.717) is 0 Å². The minimum atomic E-state index is -0.522. The van der Waals surface area contributed by atoms with Crippen molar-refractivity contribution < 1.29 is 4.42 Å². The first-order valence-corrected chi connectivity index (χ1v) is 21.8. The summed E-state index contributed by atoms with van der Waals surface area (Å²) in [5, 5.41) is 2.24. The van der Waals surface area contributed by atoms with E-state index >= 15 is 0 Å². The smallest absolute Gasteiger partial charge is 0.137 e. The molecule has 0 bridgehead atoms. The van der Waals surface area contributed by atoms with Crippen LogP contribution in [0.5, 0.6) is 0 Å². The van der Waals surface area contributed by atoms with E-state index in [4.69, 9.17) is 4.42 Å². The molecule has 2 heteroatoms. The standard InChI is InChI=1S/C61H39NO/c1-2-15-40(16-3-1)41-29-33-43(34-30-41)62(45-37-38-52-51-21-9-13-28-58(51)63-59(52)39-45)44-35-31-42(32-36-44)46-23-14-27-57-60(46)53-22-8-12-26-56(53)61(57)54-24-10-6-19-49(54)47-17-4-5-18-48(47)50-20-7-11-25-55(50)61/h1-39H. The summed E-state index contributed by atoms with van der Waals surface area (Å²) in [6.07, 6.45) is 0. The first kappa shape index (κ1) is 35.5. The molecule has 0 atom stereocenters. The van der Waals surface area contributed by atoms with Crippen molar-refractivity contribution in [2.75, 3.05) is 4.90 Å². The maximum atomic E-state index is 6.43. The zero-order valence-corrected chi connectivity index (χ0v) is 34.4. The van der Waals surface area contributed by atoms with Crippen LogP contribution in [0.3, 0.4) is 0 Å². The van der Waals surface area contributed by atoms with Gasteiger partial charge in [-0.25, -0.2) is 0 Å². The van der Waals surface area contributed by atoms with Crippen LogP contribution in [0.15, 0.2) is 241 Å². The zero-order valence-electron chi connectivity index (χ0n) is 34.4. The van der Waals surface area contributed by atoms with Crippen LogP contribution < -0.4 is 4.90 Å². The highest BCUT2D eigenvalue weighted by molar-refractivity contribution is 6.06. The molecule has 2 nitrogen and oxygen atoms in total. The van der Waals surface area contributed by atoms with Crippen LogP contribution in [-0.2, 0) is 5.41 Å². The van der Waals surface area contributed by atoms with Gasteiger partial charge in [-0.3, -0.25) is 0 Å². The summed E-state index contributed by atoms with van der Waals surface area (Å²) >= 11 is 0. The van der Waals surface area contributed by atoms with Gasteiger partial charge in [-0.1, -0.05) is 188 Å². The third-order valence-electron chi connectivity index (χ3n) is 13.5. The average molecular weight is 802 g/mol. The molecule has 13 rings (SSSR count). The molecule has 0 aliphatic heterocycles. The summed E-state index contributed by atoms with van der Waals surface area (Å²) in [5.41, 5.74) is 22.1. The van der Waals surface area contributed by atoms with Crippen molar-refractivity contribution in [3.63, 3.8) is 0 Å². The van der Waals surface area contributed by atoms with Gasteiger partial charge in [0, 0.05) is 33.9 Å². The zero-order chi connectivity index (χ0) is 41.5. The third kappa shape index (κ3) is 5.25. The fourth-order valence-corrected chi connectivity index (χ4v) is 10.9. The van der Waals surface area contributed by atoms with Crippen LogP contribution in [0, 0.1) is 0 Å². The van der Waals surface area contributed by atoms with Crippen molar-refractivity contribution in [1.82, 2.24) is 0 Å². The van der Waals surface area contributed by atoms with Crippen molar-refractivity contribution >= 4 is 39.0 Å².